The van der Waals surface area contributed by atoms with Crippen molar-refractivity contribution in [3.05, 3.63) is 65.4 Å². The van der Waals surface area contributed by atoms with Crippen molar-refractivity contribution < 1.29 is 13.3 Å². The summed E-state index contributed by atoms with van der Waals surface area (Å²) in [6, 6.07) is 10.0. The first-order chi connectivity index (χ1) is 12.1. The normalized spacial score (nSPS) is 11.0. The summed E-state index contributed by atoms with van der Waals surface area (Å²) in [4.78, 5) is 8.24. The molecule has 0 amide bonds. The van der Waals surface area contributed by atoms with Gasteiger partial charge in [-0.1, -0.05) is 16.8 Å². The van der Waals surface area contributed by atoms with E-state index in [9.17, 15) is 8.78 Å². The van der Waals surface area contributed by atoms with Crippen molar-refractivity contribution in [3.63, 3.8) is 0 Å². The van der Waals surface area contributed by atoms with Gasteiger partial charge in [0.25, 0.3) is 5.71 Å². The molecule has 8 heteroatoms. The number of nitrogens with one attached hydrogen (secondary N) is 1. The van der Waals surface area contributed by atoms with Crippen LogP contribution in [0.15, 0.2) is 53.3 Å². The average molecular weight is 359 g/mol. The molecule has 0 radical (unpaired) electrons. The summed E-state index contributed by atoms with van der Waals surface area (Å²) in [6.45, 7) is 0. The molecule has 2 aromatic heterocycles. The van der Waals surface area contributed by atoms with Gasteiger partial charge < -0.3 is 9.84 Å². The fourth-order valence-corrected chi connectivity index (χ4v) is 2.58. The van der Waals surface area contributed by atoms with Gasteiger partial charge in [-0.25, -0.2) is 13.8 Å². The van der Waals surface area contributed by atoms with Crippen LogP contribution >= 0.6 is 11.6 Å². The van der Waals surface area contributed by atoms with Crippen LogP contribution in [0.2, 0.25) is 5.02 Å². The lowest BCUT2D eigenvalue weighted by Crippen LogP contribution is -1.96. The van der Waals surface area contributed by atoms with E-state index < -0.39 is 5.82 Å². The molecule has 124 valence electrons. The predicted octanol–water partition coefficient (Wildman–Crippen LogP) is 4.96. The minimum absolute atomic E-state index is 0.0145. The molecule has 0 aliphatic rings. The number of fused-ring (bicyclic) bond motifs is 1. The second-order valence-electron chi connectivity index (χ2n) is 5.19. The number of halogens is 3. The Morgan fingerprint density at radius 1 is 1.00 bits per heavy atom. The van der Waals surface area contributed by atoms with Crippen molar-refractivity contribution in [3.8, 4) is 11.3 Å². The van der Waals surface area contributed by atoms with Crippen molar-refractivity contribution >= 4 is 34.2 Å². The summed E-state index contributed by atoms with van der Waals surface area (Å²) in [5, 5.41) is 7.56. The molecule has 0 aliphatic heterocycles. The fraction of sp³-hybridized carbons (Fsp3) is 0. The van der Waals surface area contributed by atoms with E-state index in [1.54, 1.807) is 12.1 Å². The van der Waals surface area contributed by atoms with Gasteiger partial charge in [0, 0.05) is 11.3 Å². The largest absolute Gasteiger partial charge is 0.339 e. The van der Waals surface area contributed by atoms with Gasteiger partial charge in [-0.2, -0.15) is 4.98 Å². The Bertz CT molecular complexity index is 1070. The Kier molecular flexibility index (Phi) is 3.77. The second-order valence-corrected chi connectivity index (χ2v) is 5.60. The van der Waals surface area contributed by atoms with Crippen LogP contribution in [0.25, 0.3) is 22.4 Å². The van der Waals surface area contributed by atoms with Gasteiger partial charge in [-0.05, 0) is 42.5 Å². The summed E-state index contributed by atoms with van der Waals surface area (Å²) in [5.41, 5.74) is 1.92. The van der Waals surface area contributed by atoms with Crippen molar-refractivity contribution in [1.82, 2.24) is 15.1 Å². The first-order valence-corrected chi connectivity index (χ1v) is 7.58. The molecular weight excluding hydrogens is 350 g/mol. The summed E-state index contributed by atoms with van der Waals surface area (Å²) in [7, 11) is 0. The van der Waals surface area contributed by atoms with E-state index in [1.807, 2.05) is 0 Å². The van der Waals surface area contributed by atoms with Crippen LogP contribution in [-0.2, 0) is 0 Å². The maximum atomic E-state index is 13.3. The standard InChI is InChI=1S/C17H9ClF2N4O/c18-12-7-11(5-6-13(12)20)23-16-14-15(9-1-3-10(19)4-2-9)24-25-17(14)22-8-21-16/h1-8H,(H,21,22,23). The summed E-state index contributed by atoms with van der Waals surface area (Å²) in [5.74, 6) is -0.461. The lowest BCUT2D eigenvalue weighted by molar-refractivity contribution is 0.451. The van der Waals surface area contributed by atoms with Crippen molar-refractivity contribution in [2.75, 3.05) is 5.32 Å². The molecule has 0 fully saturated rings. The Balaban J connectivity index is 1.82. The highest BCUT2D eigenvalue weighted by atomic mass is 35.5. The summed E-state index contributed by atoms with van der Waals surface area (Å²) >= 11 is 5.81. The van der Waals surface area contributed by atoms with Gasteiger partial charge >= 0.3 is 0 Å². The monoisotopic (exact) mass is 358 g/mol. The quantitative estimate of drug-likeness (QED) is 0.560. The Hall–Kier alpha value is -3.06. The smallest absolute Gasteiger partial charge is 0.263 e. The van der Waals surface area contributed by atoms with Crippen molar-refractivity contribution in [1.29, 1.82) is 0 Å². The topological polar surface area (TPSA) is 63.8 Å². The van der Waals surface area contributed by atoms with Crippen LogP contribution < -0.4 is 5.32 Å². The van der Waals surface area contributed by atoms with Gasteiger partial charge in [0.15, 0.2) is 0 Å². The van der Waals surface area contributed by atoms with E-state index in [0.717, 1.165) is 0 Å². The van der Waals surface area contributed by atoms with Gasteiger partial charge in [0.2, 0.25) is 0 Å². The zero-order valence-electron chi connectivity index (χ0n) is 12.5. The fourth-order valence-electron chi connectivity index (χ4n) is 2.40. The molecule has 0 unspecified atom stereocenters. The summed E-state index contributed by atoms with van der Waals surface area (Å²) in [6.07, 6.45) is 1.31. The highest BCUT2D eigenvalue weighted by molar-refractivity contribution is 6.31. The molecule has 0 saturated heterocycles. The molecular formula is C17H9ClF2N4O. The van der Waals surface area contributed by atoms with Crippen LogP contribution in [0.1, 0.15) is 0 Å². The highest BCUT2D eigenvalue weighted by Crippen LogP contribution is 2.33. The molecule has 4 aromatic rings. The third-order valence-electron chi connectivity index (χ3n) is 3.57. The van der Waals surface area contributed by atoms with Gasteiger partial charge in [0.1, 0.15) is 34.9 Å². The summed E-state index contributed by atoms with van der Waals surface area (Å²) < 4.78 is 31.7. The molecule has 0 atom stereocenters. The lowest BCUT2D eigenvalue weighted by atomic mass is 10.1. The zero-order chi connectivity index (χ0) is 17.4. The van der Waals surface area contributed by atoms with Crippen LogP contribution in [-0.4, -0.2) is 15.1 Å². The maximum Gasteiger partial charge on any atom is 0.263 e. The second kappa shape index (κ2) is 6.10. The van der Waals surface area contributed by atoms with E-state index in [1.165, 1.54) is 36.7 Å². The van der Waals surface area contributed by atoms with E-state index in [2.05, 4.69) is 20.4 Å². The van der Waals surface area contributed by atoms with Gasteiger partial charge in [0.05, 0.1) is 5.02 Å². The molecule has 0 aliphatic carbocycles. The minimum Gasteiger partial charge on any atom is -0.339 e. The lowest BCUT2D eigenvalue weighted by Gasteiger charge is -2.07. The van der Waals surface area contributed by atoms with Gasteiger partial charge in [-0.3, -0.25) is 0 Å². The van der Waals surface area contributed by atoms with Crippen LogP contribution in [0.4, 0.5) is 20.3 Å². The number of aromatic nitrogens is 3. The maximum absolute atomic E-state index is 13.3. The van der Waals surface area contributed by atoms with E-state index >= 15 is 0 Å². The van der Waals surface area contributed by atoms with E-state index in [-0.39, 0.29) is 16.6 Å². The van der Waals surface area contributed by atoms with Gasteiger partial charge in [-0.15, -0.1) is 0 Å². The van der Waals surface area contributed by atoms with Crippen LogP contribution in [0.3, 0.4) is 0 Å². The molecule has 2 aromatic carbocycles. The molecule has 25 heavy (non-hydrogen) atoms. The van der Waals surface area contributed by atoms with E-state index in [0.29, 0.717) is 28.1 Å². The number of rotatable bonds is 3. The Morgan fingerprint density at radius 2 is 1.80 bits per heavy atom. The molecule has 0 saturated carbocycles. The van der Waals surface area contributed by atoms with Crippen LogP contribution in [0, 0.1) is 11.6 Å². The first-order valence-electron chi connectivity index (χ1n) is 7.20. The number of anilines is 2. The third-order valence-corrected chi connectivity index (χ3v) is 3.86. The average Bonchev–Trinajstić information content (AvgIpc) is 3.04. The Labute approximate surface area is 145 Å². The van der Waals surface area contributed by atoms with Crippen LogP contribution in [0.5, 0.6) is 0 Å². The Morgan fingerprint density at radius 3 is 2.56 bits per heavy atom. The molecule has 4 rings (SSSR count). The van der Waals surface area contributed by atoms with Crippen molar-refractivity contribution in [2.45, 2.75) is 0 Å². The molecule has 0 bridgehead atoms. The molecule has 5 nitrogen and oxygen atoms in total. The molecule has 2 heterocycles. The third kappa shape index (κ3) is 2.89. The number of hydrogen-bond donors (Lipinski definition) is 1. The molecule has 1 N–H and O–H groups in total. The first kappa shape index (κ1) is 15.5. The predicted molar refractivity (Wildman–Crippen MR) is 89.7 cm³/mol. The number of nitrogens with zero attached hydrogens (tertiary/aromatic N) is 3. The molecule has 0 spiro atoms. The minimum atomic E-state index is -0.517. The zero-order valence-corrected chi connectivity index (χ0v) is 13.3. The number of hydrogen-bond acceptors (Lipinski definition) is 5. The SMILES string of the molecule is Fc1ccc(-c2noc3ncnc(Nc4ccc(F)c(Cl)c4)c23)cc1. The van der Waals surface area contributed by atoms with E-state index in [4.69, 9.17) is 16.1 Å². The van der Waals surface area contributed by atoms with Crippen molar-refractivity contribution in [2.24, 2.45) is 0 Å². The highest BCUT2D eigenvalue weighted by Gasteiger charge is 2.17. The number of benzene rings is 2.